The van der Waals surface area contributed by atoms with E-state index in [1.54, 1.807) is 13.2 Å². The van der Waals surface area contributed by atoms with E-state index in [2.05, 4.69) is 15.9 Å². The summed E-state index contributed by atoms with van der Waals surface area (Å²) < 4.78 is 27.6. The molecule has 1 rings (SSSR count). The smallest absolute Gasteiger partial charge is 0.232 e. The number of rotatable bonds is 4. The lowest BCUT2D eigenvalue weighted by molar-refractivity contribution is 0.410. The van der Waals surface area contributed by atoms with Gasteiger partial charge in [-0.3, -0.25) is 0 Å². The summed E-state index contributed by atoms with van der Waals surface area (Å²) in [5.41, 5.74) is 0.816. The van der Waals surface area contributed by atoms with Gasteiger partial charge in [-0.25, -0.2) is 8.42 Å². The zero-order chi connectivity index (χ0) is 11.5. The van der Waals surface area contributed by atoms with Gasteiger partial charge in [0.2, 0.25) is 9.05 Å². The SMILES string of the molecule is COc1ccc(Br)cc1CCS(=O)(=O)Cl. The van der Waals surface area contributed by atoms with Crippen LogP contribution in [0.2, 0.25) is 0 Å². The van der Waals surface area contributed by atoms with Crippen molar-refractivity contribution in [3.8, 4) is 5.75 Å². The molecule has 1 aromatic carbocycles. The maximum absolute atomic E-state index is 10.8. The van der Waals surface area contributed by atoms with Crippen LogP contribution in [0.5, 0.6) is 5.75 Å². The van der Waals surface area contributed by atoms with E-state index in [1.807, 2.05) is 12.1 Å². The van der Waals surface area contributed by atoms with Crippen LogP contribution in [0.1, 0.15) is 5.56 Å². The fourth-order valence-corrected chi connectivity index (χ4v) is 2.28. The first kappa shape index (κ1) is 12.8. The molecule has 0 bridgehead atoms. The third-order valence-corrected chi connectivity index (χ3v) is 3.51. The number of halogens is 2. The summed E-state index contributed by atoms with van der Waals surface area (Å²) in [5.74, 6) is 0.569. The molecule has 0 aromatic heterocycles. The Labute approximate surface area is 102 Å². The fourth-order valence-electron chi connectivity index (χ4n) is 1.17. The van der Waals surface area contributed by atoms with Crippen LogP contribution in [0.15, 0.2) is 22.7 Å². The van der Waals surface area contributed by atoms with E-state index in [1.165, 1.54) is 0 Å². The summed E-state index contributed by atoms with van der Waals surface area (Å²) in [6, 6.07) is 5.43. The Morgan fingerprint density at radius 3 is 2.67 bits per heavy atom. The van der Waals surface area contributed by atoms with Crippen LogP contribution in [-0.4, -0.2) is 21.3 Å². The molecule has 0 heterocycles. The zero-order valence-corrected chi connectivity index (χ0v) is 11.2. The third-order valence-electron chi connectivity index (χ3n) is 1.86. The van der Waals surface area contributed by atoms with E-state index in [4.69, 9.17) is 15.4 Å². The topological polar surface area (TPSA) is 43.4 Å². The van der Waals surface area contributed by atoms with Crippen molar-refractivity contribution in [2.45, 2.75) is 6.42 Å². The van der Waals surface area contributed by atoms with E-state index in [0.717, 1.165) is 10.0 Å². The molecule has 0 fully saturated rings. The summed E-state index contributed by atoms with van der Waals surface area (Å²) in [6.45, 7) is 0. The van der Waals surface area contributed by atoms with Crippen LogP contribution >= 0.6 is 26.6 Å². The van der Waals surface area contributed by atoms with Crippen molar-refractivity contribution in [1.29, 1.82) is 0 Å². The molecule has 3 nitrogen and oxygen atoms in total. The molecule has 0 aliphatic carbocycles. The predicted octanol–water partition coefficient (Wildman–Crippen LogP) is 2.57. The standard InChI is InChI=1S/C9H10BrClO3S/c1-14-9-3-2-8(10)6-7(9)4-5-15(11,12)13/h2-3,6H,4-5H2,1H3. The second-order valence-electron chi connectivity index (χ2n) is 2.95. The lowest BCUT2D eigenvalue weighted by Gasteiger charge is -2.07. The molecule has 1 aromatic rings. The normalized spacial score (nSPS) is 11.4. The van der Waals surface area contributed by atoms with Crippen LogP contribution in [0.4, 0.5) is 0 Å². The molecule has 0 aliphatic rings. The van der Waals surface area contributed by atoms with Gasteiger partial charge >= 0.3 is 0 Å². The number of methoxy groups -OCH3 is 1. The van der Waals surface area contributed by atoms with Crippen LogP contribution in [0, 0.1) is 0 Å². The number of benzene rings is 1. The number of hydrogen-bond acceptors (Lipinski definition) is 3. The Morgan fingerprint density at radius 2 is 2.13 bits per heavy atom. The van der Waals surface area contributed by atoms with Gasteiger partial charge in [-0.2, -0.15) is 0 Å². The molecule has 6 heteroatoms. The molecular weight excluding hydrogens is 304 g/mol. The second kappa shape index (κ2) is 5.18. The predicted molar refractivity (Wildman–Crippen MR) is 64.0 cm³/mol. The first-order chi connectivity index (χ1) is 6.92. The van der Waals surface area contributed by atoms with Gasteiger partial charge in [-0.05, 0) is 30.2 Å². The molecule has 0 amide bonds. The molecule has 0 radical (unpaired) electrons. The highest BCUT2D eigenvalue weighted by Crippen LogP contribution is 2.23. The van der Waals surface area contributed by atoms with E-state index in [9.17, 15) is 8.42 Å². The maximum Gasteiger partial charge on any atom is 0.232 e. The summed E-state index contributed by atoms with van der Waals surface area (Å²) in [5, 5.41) is 0. The molecule has 0 spiro atoms. The van der Waals surface area contributed by atoms with Crippen molar-refractivity contribution >= 4 is 35.7 Å². The molecule has 0 saturated heterocycles. The minimum absolute atomic E-state index is 0.0959. The minimum Gasteiger partial charge on any atom is -0.496 e. The lowest BCUT2D eigenvalue weighted by Crippen LogP contribution is -2.02. The van der Waals surface area contributed by atoms with E-state index < -0.39 is 9.05 Å². The molecule has 0 N–H and O–H groups in total. The second-order valence-corrected chi connectivity index (χ2v) is 6.76. The molecule has 0 unspecified atom stereocenters. The van der Waals surface area contributed by atoms with Gasteiger partial charge in [0.25, 0.3) is 0 Å². The molecular formula is C9H10BrClO3S. The maximum atomic E-state index is 10.8. The van der Waals surface area contributed by atoms with Crippen LogP contribution in [-0.2, 0) is 15.5 Å². The van der Waals surface area contributed by atoms with Crippen molar-refractivity contribution in [3.63, 3.8) is 0 Å². The zero-order valence-electron chi connectivity index (χ0n) is 8.04. The van der Waals surface area contributed by atoms with Gasteiger partial charge in [0.05, 0.1) is 12.9 Å². The van der Waals surface area contributed by atoms with Crippen molar-refractivity contribution < 1.29 is 13.2 Å². The number of aryl methyl sites for hydroxylation is 1. The Balaban J connectivity index is 2.88. The number of ether oxygens (including phenoxy) is 1. The Kier molecular flexibility index (Phi) is 4.43. The van der Waals surface area contributed by atoms with Crippen LogP contribution < -0.4 is 4.74 Å². The molecule has 15 heavy (non-hydrogen) atoms. The summed E-state index contributed by atoms with van der Waals surface area (Å²) in [6.07, 6.45) is 0.342. The molecule has 0 atom stereocenters. The van der Waals surface area contributed by atoms with Crippen molar-refractivity contribution in [1.82, 2.24) is 0 Å². The Morgan fingerprint density at radius 1 is 1.47 bits per heavy atom. The van der Waals surface area contributed by atoms with Gasteiger partial charge in [0.1, 0.15) is 5.75 Å². The summed E-state index contributed by atoms with van der Waals surface area (Å²) in [4.78, 5) is 0. The lowest BCUT2D eigenvalue weighted by atomic mass is 10.1. The average Bonchev–Trinajstić information content (AvgIpc) is 2.14. The Bertz CT molecular complexity index is 445. The van der Waals surface area contributed by atoms with Crippen molar-refractivity contribution in [3.05, 3.63) is 28.2 Å². The van der Waals surface area contributed by atoms with Crippen molar-refractivity contribution in [2.75, 3.05) is 12.9 Å². The molecule has 84 valence electrons. The van der Waals surface area contributed by atoms with Gasteiger partial charge in [0, 0.05) is 15.2 Å². The highest BCUT2D eigenvalue weighted by atomic mass is 79.9. The quantitative estimate of drug-likeness (QED) is 0.802. The average molecular weight is 314 g/mol. The first-order valence-electron chi connectivity index (χ1n) is 4.17. The van der Waals surface area contributed by atoms with Gasteiger partial charge in [0.15, 0.2) is 0 Å². The summed E-state index contributed by atoms with van der Waals surface area (Å²) >= 11 is 3.31. The van der Waals surface area contributed by atoms with Gasteiger partial charge in [-0.15, -0.1) is 0 Å². The van der Waals surface area contributed by atoms with E-state index in [-0.39, 0.29) is 5.75 Å². The number of hydrogen-bond donors (Lipinski definition) is 0. The Hall–Kier alpha value is -0.260. The highest BCUT2D eigenvalue weighted by Gasteiger charge is 2.09. The van der Waals surface area contributed by atoms with Crippen LogP contribution in [0.25, 0.3) is 0 Å². The largest absolute Gasteiger partial charge is 0.496 e. The third kappa shape index (κ3) is 4.40. The van der Waals surface area contributed by atoms with Crippen LogP contribution in [0.3, 0.4) is 0 Å². The van der Waals surface area contributed by atoms with Crippen molar-refractivity contribution in [2.24, 2.45) is 0 Å². The first-order valence-corrected chi connectivity index (χ1v) is 7.44. The van der Waals surface area contributed by atoms with E-state index >= 15 is 0 Å². The summed E-state index contributed by atoms with van der Waals surface area (Å²) in [7, 11) is 3.22. The molecule has 0 aliphatic heterocycles. The monoisotopic (exact) mass is 312 g/mol. The fraction of sp³-hybridized carbons (Fsp3) is 0.333. The highest BCUT2D eigenvalue weighted by molar-refractivity contribution is 9.10. The van der Waals surface area contributed by atoms with Gasteiger partial charge in [-0.1, -0.05) is 15.9 Å². The van der Waals surface area contributed by atoms with Gasteiger partial charge < -0.3 is 4.74 Å². The van der Waals surface area contributed by atoms with E-state index in [0.29, 0.717) is 12.2 Å². The minimum atomic E-state index is -3.46. The molecule has 0 saturated carbocycles.